The summed E-state index contributed by atoms with van der Waals surface area (Å²) in [7, 11) is 0. The number of amidine groups is 2. The van der Waals surface area contributed by atoms with Crippen LogP contribution in [0.15, 0.2) is 76.0 Å². The Balaban J connectivity index is 1.35. The SMILES string of the molecule is O=C(C[C@H]1N=C2c3ccccc3N=C(SCc3cccc([N+](=O)[O-])c3)N2C1=O)NCc1cccs1. The normalized spacial score (nSPS) is 16.3. The number of non-ortho nitro benzene ring substituents is 1. The average Bonchev–Trinajstić information content (AvgIpc) is 3.50. The van der Waals surface area contributed by atoms with Gasteiger partial charge >= 0.3 is 0 Å². The highest BCUT2D eigenvalue weighted by molar-refractivity contribution is 8.13. The molecule has 3 heterocycles. The molecule has 11 heteroatoms. The zero-order valence-electron chi connectivity index (χ0n) is 18.3. The van der Waals surface area contributed by atoms with Gasteiger partial charge in [-0.25, -0.2) is 9.89 Å². The third kappa shape index (κ3) is 4.86. The maximum Gasteiger partial charge on any atom is 0.269 e. The number of hydrogen-bond donors (Lipinski definition) is 1. The van der Waals surface area contributed by atoms with E-state index >= 15 is 0 Å². The summed E-state index contributed by atoms with van der Waals surface area (Å²) in [6.45, 7) is 0.409. The van der Waals surface area contributed by atoms with Gasteiger partial charge in [-0.05, 0) is 29.1 Å². The van der Waals surface area contributed by atoms with Gasteiger partial charge in [0.2, 0.25) is 5.91 Å². The van der Waals surface area contributed by atoms with Gasteiger partial charge in [-0.2, -0.15) is 0 Å². The first-order chi connectivity index (χ1) is 17.0. The van der Waals surface area contributed by atoms with Crippen molar-refractivity contribution in [2.75, 3.05) is 0 Å². The fourth-order valence-corrected chi connectivity index (χ4v) is 5.37. The van der Waals surface area contributed by atoms with Gasteiger partial charge in [0.05, 0.1) is 23.6 Å². The molecule has 9 nitrogen and oxygen atoms in total. The number of fused-ring (bicyclic) bond motifs is 3. The number of nitro groups is 1. The van der Waals surface area contributed by atoms with Crippen molar-refractivity contribution < 1.29 is 14.5 Å². The Morgan fingerprint density at radius 2 is 2.03 bits per heavy atom. The molecule has 2 aromatic carbocycles. The highest BCUT2D eigenvalue weighted by Crippen LogP contribution is 2.35. The number of amides is 2. The molecular weight excluding hydrogens is 486 g/mol. The molecule has 2 aliphatic rings. The number of aliphatic imine (C=N–C) groups is 2. The highest BCUT2D eigenvalue weighted by Gasteiger charge is 2.42. The molecule has 1 atom stereocenters. The lowest BCUT2D eigenvalue weighted by atomic mass is 10.1. The molecule has 0 bridgehead atoms. The first-order valence-electron chi connectivity index (χ1n) is 10.7. The van der Waals surface area contributed by atoms with Crippen molar-refractivity contribution in [3.8, 4) is 0 Å². The Kier molecular flexibility index (Phi) is 6.43. The number of hydrogen-bond acceptors (Lipinski definition) is 8. The van der Waals surface area contributed by atoms with Crippen molar-refractivity contribution >= 4 is 57.3 Å². The van der Waals surface area contributed by atoms with Gasteiger partial charge < -0.3 is 5.32 Å². The third-order valence-corrected chi connectivity index (χ3v) is 7.34. The number of benzene rings is 2. The molecule has 0 saturated carbocycles. The summed E-state index contributed by atoms with van der Waals surface area (Å²) >= 11 is 2.85. The number of thioether (sulfide) groups is 1. The molecule has 0 aliphatic carbocycles. The lowest BCUT2D eigenvalue weighted by Gasteiger charge is -2.25. The molecule has 2 aliphatic heterocycles. The van der Waals surface area contributed by atoms with E-state index in [0.29, 0.717) is 29.0 Å². The molecule has 176 valence electrons. The number of nitro benzene ring substituents is 1. The summed E-state index contributed by atoms with van der Waals surface area (Å²) in [6.07, 6.45) is -0.0603. The van der Waals surface area contributed by atoms with Crippen molar-refractivity contribution in [3.05, 3.63) is 92.2 Å². The Bertz CT molecular complexity index is 1370. The molecule has 35 heavy (non-hydrogen) atoms. The van der Waals surface area contributed by atoms with Crippen molar-refractivity contribution in [2.24, 2.45) is 9.98 Å². The zero-order valence-corrected chi connectivity index (χ0v) is 19.9. The van der Waals surface area contributed by atoms with Crippen molar-refractivity contribution in [2.45, 2.75) is 24.8 Å². The molecule has 1 N–H and O–H groups in total. The monoisotopic (exact) mass is 505 g/mol. The summed E-state index contributed by atoms with van der Waals surface area (Å²) in [6, 6.07) is 16.8. The second-order valence-electron chi connectivity index (χ2n) is 7.83. The van der Waals surface area contributed by atoms with Crippen LogP contribution in [0.4, 0.5) is 11.4 Å². The minimum absolute atomic E-state index is 0.00662. The molecule has 2 amide bonds. The second-order valence-corrected chi connectivity index (χ2v) is 9.80. The van der Waals surface area contributed by atoms with E-state index in [1.54, 1.807) is 23.5 Å². The average molecular weight is 506 g/mol. The lowest BCUT2D eigenvalue weighted by molar-refractivity contribution is -0.384. The van der Waals surface area contributed by atoms with Crippen LogP contribution in [-0.4, -0.2) is 38.7 Å². The fourth-order valence-electron chi connectivity index (χ4n) is 3.79. The lowest BCUT2D eigenvalue weighted by Crippen LogP contribution is -2.42. The van der Waals surface area contributed by atoms with Crippen LogP contribution in [-0.2, 0) is 21.9 Å². The molecule has 3 aromatic rings. The van der Waals surface area contributed by atoms with Crippen LogP contribution in [0.25, 0.3) is 0 Å². The summed E-state index contributed by atoms with van der Waals surface area (Å²) < 4.78 is 0. The predicted molar refractivity (Wildman–Crippen MR) is 136 cm³/mol. The molecule has 0 spiro atoms. The smallest absolute Gasteiger partial charge is 0.269 e. The first-order valence-corrected chi connectivity index (χ1v) is 12.6. The zero-order chi connectivity index (χ0) is 24.4. The van der Waals surface area contributed by atoms with E-state index in [0.717, 1.165) is 16.0 Å². The van der Waals surface area contributed by atoms with Gasteiger partial charge in [-0.15, -0.1) is 11.3 Å². The van der Waals surface area contributed by atoms with Gasteiger partial charge in [0.1, 0.15) is 11.9 Å². The standard InChI is InChI=1S/C24H19N5O4S2/c30-21(25-13-17-7-4-10-34-17)12-20-23(31)28-22(26-20)18-8-1-2-9-19(18)27-24(28)35-14-15-5-3-6-16(11-15)29(32)33/h1-11,20H,12-14H2,(H,25,30)/t20-/m1/s1. The number of carbonyl (C=O) groups excluding carboxylic acids is 2. The van der Waals surface area contributed by atoms with Gasteiger partial charge in [-0.3, -0.25) is 24.7 Å². The molecule has 0 radical (unpaired) electrons. The molecule has 0 fully saturated rings. The van der Waals surface area contributed by atoms with Crippen LogP contribution in [0.5, 0.6) is 0 Å². The van der Waals surface area contributed by atoms with E-state index in [-0.39, 0.29) is 23.9 Å². The van der Waals surface area contributed by atoms with Gasteiger partial charge in [0.25, 0.3) is 11.6 Å². The largest absolute Gasteiger partial charge is 0.351 e. The van der Waals surface area contributed by atoms with E-state index in [1.165, 1.54) is 28.8 Å². The summed E-state index contributed by atoms with van der Waals surface area (Å²) in [5.41, 5.74) is 2.15. The summed E-state index contributed by atoms with van der Waals surface area (Å²) in [4.78, 5) is 48.3. The van der Waals surface area contributed by atoms with E-state index in [1.807, 2.05) is 41.8 Å². The molecular formula is C24H19N5O4S2. The fraction of sp³-hybridized carbons (Fsp3) is 0.167. The van der Waals surface area contributed by atoms with Crippen LogP contribution in [0, 0.1) is 10.1 Å². The topological polar surface area (TPSA) is 117 Å². The van der Waals surface area contributed by atoms with Gasteiger partial charge in [0.15, 0.2) is 5.17 Å². The van der Waals surface area contributed by atoms with Crippen LogP contribution in [0.1, 0.15) is 22.4 Å². The van der Waals surface area contributed by atoms with E-state index < -0.39 is 11.0 Å². The molecule has 1 aromatic heterocycles. The molecule has 0 saturated heterocycles. The van der Waals surface area contributed by atoms with Gasteiger partial charge in [-0.1, -0.05) is 42.1 Å². The van der Waals surface area contributed by atoms with Crippen molar-refractivity contribution in [1.29, 1.82) is 0 Å². The Morgan fingerprint density at radius 3 is 2.83 bits per heavy atom. The van der Waals surface area contributed by atoms with Crippen LogP contribution >= 0.6 is 23.1 Å². The minimum atomic E-state index is -0.844. The quantitative estimate of drug-likeness (QED) is 0.380. The van der Waals surface area contributed by atoms with Crippen molar-refractivity contribution in [1.82, 2.24) is 10.2 Å². The Labute approximate surface area is 208 Å². The van der Waals surface area contributed by atoms with Crippen LogP contribution < -0.4 is 5.32 Å². The van der Waals surface area contributed by atoms with Crippen LogP contribution in [0.2, 0.25) is 0 Å². The summed E-state index contributed by atoms with van der Waals surface area (Å²) in [5, 5.41) is 16.3. The molecule has 5 rings (SSSR count). The highest BCUT2D eigenvalue weighted by atomic mass is 32.2. The summed E-state index contributed by atoms with van der Waals surface area (Å²) in [5.74, 6) is 0.285. The van der Waals surface area contributed by atoms with Crippen molar-refractivity contribution in [3.63, 3.8) is 0 Å². The number of para-hydroxylation sites is 1. The number of nitrogens with zero attached hydrogens (tertiary/aromatic N) is 4. The maximum atomic E-state index is 13.3. The van der Waals surface area contributed by atoms with E-state index in [4.69, 9.17) is 0 Å². The van der Waals surface area contributed by atoms with Crippen LogP contribution in [0.3, 0.4) is 0 Å². The first kappa shape index (κ1) is 22.9. The predicted octanol–water partition coefficient (Wildman–Crippen LogP) is 4.25. The number of thiophene rings is 1. The maximum absolute atomic E-state index is 13.3. The van der Waals surface area contributed by atoms with E-state index in [9.17, 15) is 19.7 Å². The number of rotatable bonds is 7. The minimum Gasteiger partial charge on any atom is -0.351 e. The van der Waals surface area contributed by atoms with E-state index in [2.05, 4.69) is 15.3 Å². The Hall–Kier alpha value is -3.83. The van der Waals surface area contributed by atoms with Gasteiger partial charge in [0, 0.05) is 28.3 Å². The molecule has 0 unspecified atom stereocenters. The number of carbonyl (C=O) groups is 2. The Morgan fingerprint density at radius 1 is 1.17 bits per heavy atom. The third-order valence-electron chi connectivity index (χ3n) is 5.46. The number of nitrogens with one attached hydrogen (secondary N) is 1. The second kappa shape index (κ2) is 9.80.